The van der Waals surface area contributed by atoms with Crippen LogP contribution in [0.25, 0.3) is 22.3 Å². The number of benzene rings is 2. The van der Waals surface area contributed by atoms with Crippen molar-refractivity contribution in [3.05, 3.63) is 95.9 Å². The van der Waals surface area contributed by atoms with Gasteiger partial charge in [0.15, 0.2) is 0 Å². The molecule has 0 saturated heterocycles. The Morgan fingerprint density at radius 3 is 2.45 bits per heavy atom. The average molecular weight is 456 g/mol. The van der Waals surface area contributed by atoms with Gasteiger partial charge in [-0.25, -0.2) is 4.98 Å². The van der Waals surface area contributed by atoms with Gasteiger partial charge in [0.25, 0.3) is 5.91 Å². The van der Waals surface area contributed by atoms with Crippen molar-refractivity contribution in [3.8, 4) is 28.1 Å². The first-order chi connectivity index (χ1) is 16.1. The van der Waals surface area contributed by atoms with Crippen LogP contribution in [0.2, 0.25) is 0 Å². The molecule has 1 N–H and O–H groups in total. The first-order valence-corrected chi connectivity index (χ1v) is 11.8. The summed E-state index contributed by atoms with van der Waals surface area (Å²) < 4.78 is 5.15. The third-order valence-corrected chi connectivity index (χ3v) is 6.27. The summed E-state index contributed by atoms with van der Waals surface area (Å²) in [6, 6.07) is 21.9. The highest BCUT2D eigenvalue weighted by Crippen LogP contribution is 2.27. The number of amides is 1. The fraction of sp³-hybridized carbons (Fsp3) is 0.148. The Bertz CT molecular complexity index is 1270. The number of methoxy groups -OCH3 is 1. The molecule has 2 aromatic carbocycles. The molecule has 166 valence electrons. The van der Waals surface area contributed by atoms with Gasteiger partial charge in [0.05, 0.1) is 19.3 Å². The molecule has 0 saturated carbocycles. The lowest BCUT2D eigenvalue weighted by Crippen LogP contribution is -2.23. The number of nitrogens with zero attached hydrogens (tertiary/aromatic N) is 2. The molecule has 0 bridgehead atoms. The SMILES string of the molecule is COc1ccc(-c2cccc(-c3ccnc(CNC(=O)c4ccc(C)c(SC)c4)c3)c2)cn1. The first-order valence-electron chi connectivity index (χ1n) is 10.6. The second-order valence-corrected chi connectivity index (χ2v) is 8.42. The van der Waals surface area contributed by atoms with E-state index in [0.29, 0.717) is 18.0 Å². The van der Waals surface area contributed by atoms with E-state index in [0.717, 1.165) is 32.8 Å². The lowest BCUT2D eigenvalue weighted by atomic mass is 10.00. The van der Waals surface area contributed by atoms with E-state index in [1.807, 2.05) is 61.7 Å². The highest BCUT2D eigenvalue weighted by molar-refractivity contribution is 7.98. The standard InChI is InChI=1S/C27H25N3O2S/c1-18-7-8-22(15-25(18)33-3)27(31)30-17-24-14-21(11-12-28-24)19-5-4-6-20(13-19)23-9-10-26(32-2)29-16-23/h4-16H,17H2,1-3H3,(H,30,31). The summed E-state index contributed by atoms with van der Waals surface area (Å²) in [5.41, 5.74) is 6.82. The second-order valence-electron chi connectivity index (χ2n) is 7.57. The van der Waals surface area contributed by atoms with E-state index < -0.39 is 0 Å². The van der Waals surface area contributed by atoms with Gasteiger partial charge in [-0.15, -0.1) is 11.8 Å². The molecule has 0 aliphatic carbocycles. The van der Waals surface area contributed by atoms with Crippen LogP contribution in [0.15, 0.2) is 84.0 Å². The number of ether oxygens (including phenoxy) is 1. The van der Waals surface area contributed by atoms with Crippen LogP contribution in [0.4, 0.5) is 0 Å². The van der Waals surface area contributed by atoms with E-state index in [9.17, 15) is 4.79 Å². The van der Waals surface area contributed by atoms with Crippen molar-refractivity contribution in [1.29, 1.82) is 0 Å². The third-order valence-electron chi connectivity index (χ3n) is 5.39. The second kappa shape index (κ2) is 10.3. The maximum Gasteiger partial charge on any atom is 0.251 e. The number of pyridine rings is 2. The van der Waals surface area contributed by atoms with Gasteiger partial charge < -0.3 is 10.1 Å². The molecular weight excluding hydrogens is 430 g/mol. The zero-order valence-electron chi connectivity index (χ0n) is 18.8. The quantitative estimate of drug-likeness (QED) is 0.358. The Morgan fingerprint density at radius 1 is 0.939 bits per heavy atom. The lowest BCUT2D eigenvalue weighted by Gasteiger charge is -2.10. The molecule has 0 spiro atoms. The van der Waals surface area contributed by atoms with Crippen molar-refractivity contribution in [3.63, 3.8) is 0 Å². The smallest absolute Gasteiger partial charge is 0.251 e. The largest absolute Gasteiger partial charge is 0.481 e. The zero-order chi connectivity index (χ0) is 23.2. The number of aromatic nitrogens is 2. The van der Waals surface area contributed by atoms with E-state index in [1.54, 1.807) is 31.3 Å². The molecule has 4 rings (SSSR count). The number of hydrogen-bond acceptors (Lipinski definition) is 5. The molecule has 2 heterocycles. The minimum absolute atomic E-state index is 0.105. The topological polar surface area (TPSA) is 64.1 Å². The van der Waals surface area contributed by atoms with Crippen LogP contribution in [0.1, 0.15) is 21.6 Å². The van der Waals surface area contributed by atoms with Gasteiger partial charge in [-0.1, -0.05) is 24.3 Å². The number of rotatable bonds is 7. The maximum absolute atomic E-state index is 12.6. The Hall–Kier alpha value is -3.64. The summed E-state index contributed by atoms with van der Waals surface area (Å²) in [5, 5.41) is 2.98. The van der Waals surface area contributed by atoms with Crippen LogP contribution in [0.3, 0.4) is 0 Å². The van der Waals surface area contributed by atoms with Crippen molar-refractivity contribution in [2.24, 2.45) is 0 Å². The minimum Gasteiger partial charge on any atom is -0.481 e. The van der Waals surface area contributed by atoms with Crippen molar-refractivity contribution in [2.75, 3.05) is 13.4 Å². The molecule has 0 unspecified atom stereocenters. The number of carbonyl (C=O) groups excluding carboxylic acids is 1. The van der Waals surface area contributed by atoms with Crippen LogP contribution in [-0.2, 0) is 6.54 Å². The fourth-order valence-corrected chi connectivity index (χ4v) is 4.17. The molecule has 4 aromatic rings. The van der Waals surface area contributed by atoms with Crippen LogP contribution in [0, 0.1) is 6.92 Å². The molecular formula is C27H25N3O2S. The summed E-state index contributed by atoms with van der Waals surface area (Å²) in [5.74, 6) is 0.484. The van der Waals surface area contributed by atoms with Crippen molar-refractivity contribution in [2.45, 2.75) is 18.4 Å². The third kappa shape index (κ3) is 5.41. The number of nitrogens with one attached hydrogen (secondary N) is 1. The fourth-order valence-electron chi connectivity index (χ4n) is 3.54. The summed E-state index contributed by atoms with van der Waals surface area (Å²) in [6.07, 6.45) is 5.59. The van der Waals surface area contributed by atoms with E-state index >= 15 is 0 Å². The zero-order valence-corrected chi connectivity index (χ0v) is 19.6. The molecule has 5 nitrogen and oxygen atoms in total. The van der Waals surface area contributed by atoms with Crippen molar-refractivity contribution >= 4 is 17.7 Å². The van der Waals surface area contributed by atoms with E-state index in [-0.39, 0.29) is 5.91 Å². The summed E-state index contributed by atoms with van der Waals surface area (Å²) in [7, 11) is 1.61. The van der Waals surface area contributed by atoms with Crippen LogP contribution in [0.5, 0.6) is 5.88 Å². The minimum atomic E-state index is -0.105. The Kier molecular flexibility index (Phi) is 7.05. The molecule has 6 heteroatoms. The normalized spacial score (nSPS) is 10.6. The molecule has 2 aromatic heterocycles. The molecule has 0 fully saturated rings. The van der Waals surface area contributed by atoms with Crippen molar-refractivity contribution < 1.29 is 9.53 Å². The van der Waals surface area contributed by atoms with Crippen LogP contribution >= 0.6 is 11.8 Å². The van der Waals surface area contributed by atoms with Gasteiger partial charge in [0, 0.05) is 34.5 Å². The summed E-state index contributed by atoms with van der Waals surface area (Å²) in [6.45, 7) is 2.40. The predicted octanol–water partition coefficient (Wildman–Crippen LogP) is 5.78. The Balaban J connectivity index is 1.49. The molecule has 0 aliphatic rings. The molecule has 0 aliphatic heterocycles. The number of carbonyl (C=O) groups is 1. The van der Waals surface area contributed by atoms with Gasteiger partial charge in [-0.2, -0.15) is 0 Å². The van der Waals surface area contributed by atoms with E-state index in [4.69, 9.17) is 4.74 Å². The average Bonchev–Trinajstić information content (AvgIpc) is 2.88. The van der Waals surface area contributed by atoms with Crippen LogP contribution in [-0.4, -0.2) is 29.2 Å². The van der Waals surface area contributed by atoms with E-state index in [1.165, 1.54) is 5.56 Å². The van der Waals surface area contributed by atoms with Gasteiger partial charge in [0.1, 0.15) is 0 Å². The Labute approximate surface area is 198 Å². The highest BCUT2D eigenvalue weighted by Gasteiger charge is 2.09. The molecule has 0 atom stereocenters. The number of hydrogen-bond donors (Lipinski definition) is 1. The monoisotopic (exact) mass is 455 g/mol. The maximum atomic E-state index is 12.6. The van der Waals surface area contributed by atoms with Gasteiger partial charge in [-0.3, -0.25) is 9.78 Å². The first kappa shape index (κ1) is 22.6. The predicted molar refractivity (Wildman–Crippen MR) is 134 cm³/mol. The van der Waals surface area contributed by atoms with Gasteiger partial charge in [0.2, 0.25) is 5.88 Å². The summed E-state index contributed by atoms with van der Waals surface area (Å²) >= 11 is 1.64. The summed E-state index contributed by atoms with van der Waals surface area (Å²) in [4.78, 5) is 22.5. The van der Waals surface area contributed by atoms with Crippen LogP contribution < -0.4 is 10.1 Å². The highest BCUT2D eigenvalue weighted by atomic mass is 32.2. The van der Waals surface area contributed by atoms with E-state index in [2.05, 4.69) is 33.5 Å². The van der Waals surface area contributed by atoms with Gasteiger partial charge >= 0.3 is 0 Å². The van der Waals surface area contributed by atoms with Crippen molar-refractivity contribution in [1.82, 2.24) is 15.3 Å². The Morgan fingerprint density at radius 2 is 1.73 bits per heavy atom. The number of aryl methyl sites for hydroxylation is 1. The number of thioether (sulfide) groups is 1. The van der Waals surface area contributed by atoms with Gasteiger partial charge in [-0.05, 0) is 71.8 Å². The lowest BCUT2D eigenvalue weighted by molar-refractivity contribution is 0.0950. The molecule has 0 radical (unpaired) electrons. The molecule has 1 amide bonds. The molecule has 33 heavy (non-hydrogen) atoms.